The molecular weight excluding hydrogens is 812 g/mol. The van der Waals surface area contributed by atoms with Crippen LogP contribution < -0.4 is 10.4 Å². The lowest BCUT2D eigenvalue weighted by atomic mass is 9.40. The third kappa shape index (κ3) is 5.65. The molecule has 0 fully saturated rings. The first kappa shape index (κ1) is 41.0. The van der Waals surface area contributed by atoms with E-state index in [1.54, 1.807) is 0 Å². The van der Waals surface area contributed by atoms with E-state index in [2.05, 4.69) is 192 Å². The number of aromatic nitrogens is 1. The smallest absolute Gasteiger partial charge is 0.329 e. The molecule has 0 amide bonds. The van der Waals surface area contributed by atoms with Gasteiger partial charge in [0.05, 0.1) is 5.69 Å². The lowest BCUT2D eigenvalue weighted by Gasteiger charge is -2.43. The van der Waals surface area contributed by atoms with Crippen LogP contribution in [0.3, 0.4) is 0 Å². The lowest BCUT2D eigenvalue weighted by molar-refractivity contribution is 0.331. The van der Waals surface area contributed by atoms with Gasteiger partial charge < -0.3 is 13.8 Å². The number of rotatable bonds is 8. The summed E-state index contributed by atoms with van der Waals surface area (Å²) in [5, 5.41) is 5.03. The third-order valence-corrected chi connectivity index (χ3v) is 17.0. The van der Waals surface area contributed by atoms with Gasteiger partial charge in [-0.3, -0.25) is 0 Å². The first-order chi connectivity index (χ1) is 32.4. The summed E-state index contributed by atoms with van der Waals surface area (Å²) in [4.78, 5) is 2.76. The average Bonchev–Trinajstić information content (AvgIpc) is 3.95. The Morgan fingerprint density at radius 1 is 0.567 bits per heavy atom. The number of fused-ring (bicyclic) bond motifs is 13. The van der Waals surface area contributed by atoms with E-state index < -0.39 is 0 Å². The molecule has 2 aliphatic carbocycles. The van der Waals surface area contributed by atoms with Gasteiger partial charge in [0.2, 0.25) is 0 Å². The van der Waals surface area contributed by atoms with Crippen molar-refractivity contribution in [1.82, 2.24) is 4.48 Å². The Morgan fingerprint density at radius 2 is 1.24 bits per heavy atom. The number of furan rings is 1. The highest BCUT2D eigenvalue weighted by Crippen LogP contribution is 2.60. The van der Waals surface area contributed by atoms with Crippen molar-refractivity contribution in [3.05, 3.63) is 166 Å². The number of para-hydroxylation sites is 2. The summed E-state index contributed by atoms with van der Waals surface area (Å²) in [7, 11) is 0. The zero-order valence-corrected chi connectivity index (χ0v) is 40.7. The van der Waals surface area contributed by atoms with Crippen LogP contribution >= 0.6 is 0 Å². The predicted molar refractivity (Wildman–Crippen MR) is 286 cm³/mol. The van der Waals surface area contributed by atoms with Gasteiger partial charge in [0.15, 0.2) is 0 Å². The SMILES string of the molecule is CCCCc1ccc(N2C3=C(B4c5c2cc2c(oc6ccccc62)c5-c2cc(CCCC)cc5c6ccccc6n4c25)C(C)(C)c2cc4c(cc23)C(C)(C)CCC4(C)C)c(-c2ccccc2)c1. The largest absolute Gasteiger partial charge is 0.455 e. The van der Waals surface area contributed by atoms with Crippen molar-refractivity contribution < 1.29 is 4.42 Å². The molecule has 13 rings (SSSR count). The monoisotopic (exact) mass is 872 g/mol. The number of unbranched alkanes of at least 4 members (excludes halogenated alkanes) is 2. The molecule has 7 aromatic carbocycles. The van der Waals surface area contributed by atoms with E-state index in [4.69, 9.17) is 4.42 Å². The number of aryl methyl sites for hydroxylation is 2. The predicted octanol–water partition coefficient (Wildman–Crippen LogP) is 16.5. The third-order valence-electron chi connectivity index (χ3n) is 17.0. The maximum absolute atomic E-state index is 7.25. The number of hydrogen-bond donors (Lipinski definition) is 0. The van der Waals surface area contributed by atoms with Crippen molar-refractivity contribution in [1.29, 1.82) is 0 Å². The Hall–Kier alpha value is -6.26. The molecule has 4 aliphatic rings. The molecule has 0 spiro atoms. The molecule has 4 heterocycles. The average molecular weight is 873 g/mol. The Morgan fingerprint density at radius 3 is 2.00 bits per heavy atom. The minimum absolute atomic E-state index is 0.0535. The summed E-state index contributed by atoms with van der Waals surface area (Å²) in [5.74, 6) is 0. The van der Waals surface area contributed by atoms with Crippen LogP contribution in [0.15, 0.2) is 137 Å². The van der Waals surface area contributed by atoms with E-state index >= 15 is 0 Å². The maximum Gasteiger partial charge on any atom is 0.329 e. The fourth-order valence-corrected chi connectivity index (χ4v) is 13.3. The molecule has 9 aromatic rings. The molecule has 0 atom stereocenters. The van der Waals surface area contributed by atoms with Crippen LogP contribution in [-0.2, 0) is 29.1 Å². The van der Waals surface area contributed by atoms with E-state index in [9.17, 15) is 0 Å². The minimum Gasteiger partial charge on any atom is -0.455 e. The van der Waals surface area contributed by atoms with E-state index in [-0.39, 0.29) is 23.1 Å². The fraction of sp³-hybridized carbons (Fsp3) is 0.302. The zero-order valence-electron chi connectivity index (χ0n) is 40.7. The number of nitrogens with zero attached hydrogens (tertiary/aromatic N) is 2. The van der Waals surface area contributed by atoms with Gasteiger partial charge in [0.25, 0.3) is 0 Å². The molecule has 3 nitrogen and oxygen atoms in total. The molecule has 0 unspecified atom stereocenters. The molecule has 0 radical (unpaired) electrons. The second-order valence-electron chi connectivity index (χ2n) is 22.3. The number of benzene rings is 7. The maximum atomic E-state index is 7.25. The quantitative estimate of drug-likeness (QED) is 0.142. The van der Waals surface area contributed by atoms with Crippen molar-refractivity contribution in [3.8, 4) is 22.3 Å². The summed E-state index contributed by atoms with van der Waals surface area (Å²) in [6.45, 7) is 19.6. The Bertz CT molecular complexity index is 3590. The summed E-state index contributed by atoms with van der Waals surface area (Å²) in [6.07, 6.45) is 9.13. The molecule has 332 valence electrons. The molecule has 2 aromatic heterocycles. The number of anilines is 2. The van der Waals surface area contributed by atoms with Crippen LogP contribution in [-0.4, -0.2) is 11.3 Å². The highest BCUT2D eigenvalue weighted by Gasteiger charge is 2.55. The molecule has 0 saturated heterocycles. The molecule has 0 saturated carbocycles. The van der Waals surface area contributed by atoms with Gasteiger partial charge in [-0.25, -0.2) is 0 Å². The lowest BCUT2D eigenvalue weighted by Crippen LogP contribution is -2.52. The Labute approximate surface area is 396 Å². The van der Waals surface area contributed by atoms with E-state index in [0.29, 0.717) is 0 Å². The van der Waals surface area contributed by atoms with Crippen LogP contribution in [0.5, 0.6) is 0 Å². The van der Waals surface area contributed by atoms with Gasteiger partial charge in [0, 0.05) is 71.6 Å². The number of hydrogen-bond acceptors (Lipinski definition) is 2. The molecule has 67 heavy (non-hydrogen) atoms. The van der Waals surface area contributed by atoms with Gasteiger partial charge in [-0.1, -0.05) is 147 Å². The zero-order chi connectivity index (χ0) is 45.7. The Kier molecular flexibility index (Phi) is 8.79. The topological polar surface area (TPSA) is 21.3 Å². The second-order valence-corrected chi connectivity index (χ2v) is 22.3. The van der Waals surface area contributed by atoms with Crippen molar-refractivity contribution in [2.75, 3.05) is 4.90 Å². The highest BCUT2D eigenvalue weighted by molar-refractivity contribution is 6.86. The highest BCUT2D eigenvalue weighted by atomic mass is 16.3. The van der Waals surface area contributed by atoms with Crippen LogP contribution in [0.25, 0.3) is 71.7 Å². The van der Waals surface area contributed by atoms with Crippen LogP contribution in [0, 0.1) is 0 Å². The van der Waals surface area contributed by atoms with Gasteiger partial charge in [-0.2, -0.15) is 0 Å². The van der Waals surface area contributed by atoms with Crippen LogP contribution in [0.2, 0.25) is 0 Å². The standard InChI is InChI=1S/C63H61BN2O/c1-9-11-20-38-28-29-51(43(32-38)40-22-14-13-15-23-40)65-53-36-45-42-25-17-19-27-54(42)67-59(45)55-47-34-39(21-12-10-2)33-44-41-24-16-18-26-52(41)66(57(44)47)64(56(53)55)60-58(65)46-35-49-50(37-48(46)63(60,7)8)62(5,6)31-30-61(49,3)4/h13-19,22-29,32-37H,9-12,20-21,30-31H2,1-8H3. The molecule has 4 heteroatoms. The minimum atomic E-state index is -0.317. The van der Waals surface area contributed by atoms with Crippen LogP contribution in [0.4, 0.5) is 11.4 Å². The molecular formula is C63H61BN2O. The van der Waals surface area contributed by atoms with Gasteiger partial charge in [-0.05, 0) is 142 Å². The summed E-state index contributed by atoms with van der Waals surface area (Å²) < 4.78 is 10.0. The first-order valence-corrected chi connectivity index (χ1v) is 25.4. The van der Waals surface area contributed by atoms with Gasteiger partial charge in [-0.15, -0.1) is 0 Å². The van der Waals surface area contributed by atoms with E-state index in [0.717, 1.165) is 36.8 Å². The molecule has 0 bridgehead atoms. The van der Waals surface area contributed by atoms with Gasteiger partial charge >= 0.3 is 6.85 Å². The first-order valence-electron chi connectivity index (χ1n) is 25.4. The van der Waals surface area contributed by atoms with Crippen LogP contribution in [0.1, 0.15) is 127 Å². The van der Waals surface area contributed by atoms with E-state index in [1.807, 2.05) is 0 Å². The van der Waals surface area contributed by atoms with E-state index in [1.165, 1.54) is 142 Å². The van der Waals surface area contributed by atoms with Gasteiger partial charge in [0.1, 0.15) is 11.2 Å². The summed E-state index contributed by atoms with van der Waals surface area (Å²) in [5.41, 5.74) is 24.8. The second kappa shape index (κ2) is 14.4. The summed E-state index contributed by atoms with van der Waals surface area (Å²) >= 11 is 0. The van der Waals surface area contributed by atoms with Crippen molar-refractivity contribution in [3.63, 3.8) is 0 Å². The fourth-order valence-electron chi connectivity index (χ4n) is 13.3. The van der Waals surface area contributed by atoms with Crippen molar-refractivity contribution >= 4 is 73.1 Å². The Balaban J connectivity index is 1.24. The van der Waals surface area contributed by atoms with Crippen molar-refractivity contribution in [2.24, 2.45) is 0 Å². The number of allylic oxidation sites excluding steroid dienone is 1. The molecule has 2 aliphatic heterocycles. The molecule has 0 N–H and O–H groups in total. The normalized spacial score (nSPS) is 17.1. The van der Waals surface area contributed by atoms with Crippen molar-refractivity contribution in [2.45, 2.75) is 123 Å². The summed E-state index contributed by atoms with van der Waals surface area (Å²) in [6, 6.07) is 49.6.